The fourth-order valence-corrected chi connectivity index (χ4v) is 10.8. The van der Waals surface area contributed by atoms with Crippen molar-refractivity contribution in [2.45, 2.75) is 124 Å². The first-order valence-corrected chi connectivity index (χ1v) is 25.2. The van der Waals surface area contributed by atoms with E-state index < -0.39 is 16.7 Å². The standard InChI is InChI=1S/C29H34FN3O4.C28H30FN3O4.CH4/c1-17(2)21-12-22(18-6-8-20(30)9-7-18)31-23-13-24(37-25(21)23)27(35)33-11-10-32(16-28(33,3)4)26(34)19-14-29(5,36)15-19;1-16(2)21-13-22(17-5-7-19(29)8-6-17)30-23-14-24(36-25(21)23)27(35)32-10-9-31(15-28(32,3)4)26(34)18-11-20(33)12-18;/h6-9,12-13,17,19,36H,10-11,14-16H2,1-5H3;5-8,13-14,16,18H,9-12,15H2,1-4H3;1H4. The maximum atomic E-state index is 13.6. The number of piperazine rings is 2. The zero-order valence-corrected chi connectivity index (χ0v) is 43.1. The molecule has 10 rings (SSSR count). The summed E-state index contributed by atoms with van der Waals surface area (Å²) in [4.78, 5) is 80.8. The third-order valence-electron chi connectivity index (χ3n) is 14.9. The highest BCUT2D eigenvalue weighted by Crippen LogP contribution is 2.40. The number of pyridine rings is 2. The van der Waals surface area contributed by atoms with Gasteiger partial charge in [0.25, 0.3) is 11.8 Å². The van der Waals surface area contributed by atoms with Crippen LogP contribution in [0.15, 0.2) is 81.6 Å². The summed E-state index contributed by atoms with van der Waals surface area (Å²) in [6.07, 6.45) is 1.61. The smallest absolute Gasteiger partial charge is 0.290 e. The number of hydrogen-bond donors (Lipinski definition) is 1. The van der Waals surface area contributed by atoms with Crippen molar-refractivity contribution in [2.24, 2.45) is 11.8 Å². The first kappa shape index (κ1) is 53.5. The van der Waals surface area contributed by atoms with Gasteiger partial charge >= 0.3 is 0 Å². The molecule has 0 bridgehead atoms. The second-order valence-electron chi connectivity index (χ2n) is 22.5. The van der Waals surface area contributed by atoms with Crippen LogP contribution in [0.4, 0.5) is 8.78 Å². The normalized spacial score (nSPS) is 20.5. The summed E-state index contributed by atoms with van der Waals surface area (Å²) < 4.78 is 39.1. The zero-order chi connectivity index (χ0) is 52.5. The summed E-state index contributed by atoms with van der Waals surface area (Å²) >= 11 is 0. The molecule has 0 spiro atoms. The van der Waals surface area contributed by atoms with Gasteiger partial charge in [0.15, 0.2) is 22.7 Å². The number of carbonyl (C=O) groups excluding carboxylic acids is 5. The van der Waals surface area contributed by atoms with Crippen molar-refractivity contribution in [2.75, 3.05) is 39.3 Å². The number of benzene rings is 2. The minimum absolute atomic E-state index is 0. The van der Waals surface area contributed by atoms with Crippen molar-refractivity contribution < 1.29 is 46.7 Å². The lowest BCUT2D eigenvalue weighted by Crippen LogP contribution is -2.63. The Labute approximate surface area is 431 Å². The molecule has 4 amide bonds. The van der Waals surface area contributed by atoms with Crippen molar-refractivity contribution in [3.8, 4) is 22.5 Å². The Balaban J connectivity index is 0.000000194. The molecule has 2 aromatic carbocycles. The largest absolute Gasteiger partial charge is 0.449 e. The summed E-state index contributed by atoms with van der Waals surface area (Å²) in [6, 6.07) is 19.6. The van der Waals surface area contributed by atoms with E-state index in [-0.39, 0.29) is 83.7 Å². The molecule has 6 aromatic rings. The van der Waals surface area contributed by atoms with E-state index in [2.05, 4.69) is 0 Å². The minimum Gasteiger partial charge on any atom is -0.449 e. The first-order valence-electron chi connectivity index (χ1n) is 25.2. The number of ketones is 1. The predicted octanol–water partition coefficient (Wildman–Crippen LogP) is 10.4. The molecule has 4 aromatic heterocycles. The Morgan fingerprint density at radius 1 is 0.608 bits per heavy atom. The van der Waals surface area contributed by atoms with E-state index in [4.69, 9.17) is 18.8 Å². The molecular formula is C58H68F2N6O8. The topological polar surface area (TPSA) is 171 Å². The van der Waals surface area contributed by atoms with Gasteiger partial charge < -0.3 is 33.5 Å². The summed E-state index contributed by atoms with van der Waals surface area (Å²) in [5.74, 6) is -0.653. The third-order valence-corrected chi connectivity index (χ3v) is 14.9. The van der Waals surface area contributed by atoms with Gasteiger partial charge in [-0.2, -0.15) is 0 Å². The molecule has 2 saturated heterocycles. The van der Waals surface area contributed by atoms with Crippen molar-refractivity contribution in [1.29, 1.82) is 0 Å². The summed E-state index contributed by atoms with van der Waals surface area (Å²) in [5, 5.41) is 10.0. The zero-order valence-electron chi connectivity index (χ0n) is 43.1. The number of hydrogen-bond acceptors (Lipinski definition) is 10. The predicted molar refractivity (Wildman–Crippen MR) is 278 cm³/mol. The van der Waals surface area contributed by atoms with E-state index in [0.717, 1.165) is 22.3 Å². The van der Waals surface area contributed by atoms with E-state index in [9.17, 15) is 37.9 Å². The Kier molecular flexibility index (Phi) is 14.6. The Morgan fingerprint density at radius 2 is 0.986 bits per heavy atom. The Hall–Kier alpha value is -6.81. The molecule has 6 heterocycles. The van der Waals surface area contributed by atoms with Crippen LogP contribution in [0.3, 0.4) is 0 Å². The highest BCUT2D eigenvalue weighted by molar-refractivity contribution is 5.99. The molecule has 2 saturated carbocycles. The van der Waals surface area contributed by atoms with E-state index in [0.29, 0.717) is 98.5 Å². The van der Waals surface area contributed by atoms with E-state index in [1.54, 1.807) is 58.0 Å². The molecule has 4 fully saturated rings. The molecule has 0 atom stereocenters. The number of nitrogens with zero attached hydrogens (tertiary/aromatic N) is 6. The molecule has 1 N–H and O–H groups in total. The number of fused-ring (bicyclic) bond motifs is 2. The minimum atomic E-state index is -0.756. The Morgan fingerprint density at radius 3 is 1.32 bits per heavy atom. The number of halogens is 2. The summed E-state index contributed by atoms with van der Waals surface area (Å²) in [6.45, 7) is 20.2. The molecular weight excluding hydrogens is 947 g/mol. The van der Waals surface area contributed by atoms with E-state index >= 15 is 0 Å². The molecule has 4 aliphatic rings. The molecule has 0 unspecified atom stereocenters. The van der Waals surface area contributed by atoms with E-state index in [1.165, 1.54) is 24.3 Å². The van der Waals surface area contributed by atoms with Gasteiger partial charge in [-0.15, -0.1) is 0 Å². The number of furan rings is 2. The maximum Gasteiger partial charge on any atom is 0.290 e. The van der Waals surface area contributed by atoms with Gasteiger partial charge in [0.1, 0.15) is 28.5 Å². The summed E-state index contributed by atoms with van der Waals surface area (Å²) in [7, 11) is 0. The third kappa shape index (κ3) is 10.6. The molecule has 16 heteroatoms. The van der Waals surface area contributed by atoms with Gasteiger partial charge in [-0.1, -0.05) is 35.1 Å². The monoisotopic (exact) mass is 1010 g/mol. The Bertz CT molecular complexity index is 3120. The van der Waals surface area contributed by atoms with Crippen LogP contribution in [0.5, 0.6) is 0 Å². The lowest BCUT2D eigenvalue weighted by molar-refractivity contribution is -0.153. The highest BCUT2D eigenvalue weighted by atomic mass is 19.1. The molecule has 74 heavy (non-hydrogen) atoms. The van der Waals surface area contributed by atoms with Gasteiger partial charge in [-0.05, 0) is 120 Å². The van der Waals surface area contributed by atoms with Gasteiger partial charge in [-0.25, -0.2) is 18.7 Å². The fourth-order valence-electron chi connectivity index (χ4n) is 10.8. The van der Waals surface area contributed by atoms with Gasteiger partial charge in [-0.3, -0.25) is 24.0 Å². The fraction of sp³-hybridized carbons (Fsp3) is 0.466. The van der Waals surface area contributed by atoms with Crippen LogP contribution in [-0.2, 0) is 14.4 Å². The maximum absolute atomic E-state index is 13.6. The second kappa shape index (κ2) is 20.1. The van der Waals surface area contributed by atoms with Crippen LogP contribution in [-0.4, -0.2) is 120 Å². The number of aromatic nitrogens is 2. The summed E-state index contributed by atoms with van der Waals surface area (Å²) in [5.41, 5.74) is 5.14. The molecule has 2 aliphatic carbocycles. The lowest BCUT2D eigenvalue weighted by atomic mass is 9.71. The van der Waals surface area contributed by atoms with Gasteiger partial charge in [0, 0.05) is 92.4 Å². The molecule has 0 radical (unpaired) electrons. The molecule has 14 nitrogen and oxygen atoms in total. The molecule has 392 valence electrons. The number of Topliss-reactive ketones (excluding diaryl/α,β-unsaturated/α-hetero) is 1. The van der Waals surface area contributed by atoms with Crippen molar-refractivity contribution in [3.05, 3.63) is 107 Å². The lowest BCUT2D eigenvalue weighted by Gasteiger charge is -2.49. The van der Waals surface area contributed by atoms with Gasteiger partial charge in [0.2, 0.25) is 11.8 Å². The van der Waals surface area contributed by atoms with E-state index in [1.807, 2.05) is 72.4 Å². The first-order chi connectivity index (χ1) is 34.4. The molecule has 2 aliphatic heterocycles. The van der Waals surface area contributed by atoms with Gasteiger partial charge in [0.05, 0.1) is 34.0 Å². The van der Waals surface area contributed by atoms with Crippen molar-refractivity contribution in [1.82, 2.24) is 29.6 Å². The van der Waals surface area contributed by atoms with Crippen LogP contribution in [0.2, 0.25) is 0 Å². The highest BCUT2D eigenvalue weighted by Gasteiger charge is 2.47. The van der Waals surface area contributed by atoms with Crippen LogP contribution in [0.1, 0.15) is 139 Å². The number of rotatable bonds is 8. The van der Waals surface area contributed by atoms with Crippen LogP contribution in [0.25, 0.3) is 44.7 Å². The second-order valence-corrected chi connectivity index (χ2v) is 22.5. The number of carbonyl (C=O) groups is 5. The average molecular weight is 1020 g/mol. The van der Waals surface area contributed by atoms with Crippen LogP contribution < -0.4 is 0 Å². The van der Waals surface area contributed by atoms with Crippen LogP contribution >= 0.6 is 0 Å². The number of aliphatic hydroxyl groups is 1. The quantitative estimate of drug-likeness (QED) is 0.155. The van der Waals surface area contributed by atoms with Crippen molar-refractivity contribution in [3.63, 3.8) is 0 Å². The SMILES string of the molecule is C.CC(C)c1cc(-c2ccc(F)cc2)nc2cc(C(=O)N3CCN(C(=O)C4CC(=O)C4)CC3(C)C)oc12.CC(C)c1cc(-c2ccc(F)cc2)nc2cc(C(=O)N3CCN(C(=O)C4CC(C)(O)C4)CC3(C)C)oc12. The van der Waals surface area contributed by atoms with Crippen LogP contribution in [0, 0.1) is 23.5 Å². The average Bonchev–Trinajstić information content (AvgIpc) is 3.96. The number of amides is 4. The van der Waals surface area contributed by atoms with Crippen molar-refractivity contribution >= 4 is 51.6 Å².